The minimum Gasteiger partial charge on any atom is -0.481 e. The molecule has 0 unspecified atom stereocenters. The van der Waals surface area contributed by atoms with Gasteiger partial charge < -0.3 is 15.2 Å². The molecule has 2 heterocycles. The molecule has 0 aliphatic carbocycles. The van der Waals surface area contributed by atoms with Gasteiger partial charge in [0.2, 0.25) is 11.8 Å². The lowest BCUT2D eigenvalue weighted by Crippen LogP contribution is -1.99. The van der Waals surface area contributed by atoms with Crippen LogP contribution in [-0.4, -0.2) is 22.2 Å². The minimum absolute atomic E-state index is 0.161. The monoisotopic (exact) mass is 249 g/mol. The first-order valence-electron chi connectivity index (χ1n) is 5.26. The lowest BCUT2D eigenvalue weighted by Gasteiger charge is -2.07. The van der Waals surface area contributed by atoms with Gasteiger partial charge in [-0.3, -0.25) is 0 Å². The molecule has 0 radical (unpaired) electrons. The van der Waals surface area contributed by atoms with Crippen molar-refractivity contribution in [3.05, 3.63) is 42.0 Å². The number of rotatable bonds is 4. The molecule has 0 spiro atoms. The Bertz CT molecular complexity index is 531. The fourth-order valence-electron chi connectivity index (χ4n) is 1.37. The summed E-state index contributed by atoms with van der Waals surface area (Å²) in [5.41, 5.74) is 0.827. The third-order valence-electron chi connectivity index (χ3n) is 2.31. The zero-order chi connectivity index (χ0) is 13.0. The quantitative estimate of drug-likeness (QED) is 0.809. The molecule has 0 saturated heterocycles. The summed E-state index contributed by atoms with van der Waals surface area (Å²) in [5.74, 6) is 0.149. The Labute approximate surface area is 103 Å². The number of aliphatic hydroxyl groups excluding tert-OH is 1. The topological polar surface area (TPSA) is 67.3 Å². The summed E-state index contributed by atoms with van der Waals surface area (Å²) >= 11 is 0. The Balaban J connectivity index is 2.15. The molecule has 2 aromatic heterocycles. The van der Waals surface area contributed by atoms with Crippen molar-refractivity contribution in [3.8, 4) is 5.88 Å². The summed E-state index contributed by atoms with van der Waals surface area (Å²) in [7, 11) is 1.53. The lowest BCUT2D eigenvalue weighted by atomic mass is 10.3. The number of anilines is 2. The van der Waals surface area contributed by atoms with Crippen molar-refractivity contribution in [2.24, 2.45) is 0 Å². The number of halogens is 1. The molecule has 0 bridgehead atoms. The molecular formula is C12H12FN3O2. The summed E-state index contributed by atoms with van der Waals surface area (Å²) in [6.45, 7) is -0.372. The van der Waals surface area contributed by atoms with Crippen molar-refractivity contribution in [1.82, 2.24) is 9.97 Å². The number of pyridine rings is 2. The summed E-state index contributed by atoms with van der Waals surface area (Å²) in [6, 6.07) is 6.48. The fraction of sp³-hybridized carbons (Fsp3) is 0.167. The molecule has 2 rings (SSSR count). The Morgan fingerprint density at radius 2 is 2.17 bits per heavy atom. The molecular weight excluding hydrogens is 237 g/mol. The highest BCUT2D eigenvalue weighted by Crippen LogP contribution is 2.17. The fourth-order valence-corrected chi connectivity index (χ4v) is 1.37. The second kappa shape index (κ2) is 5.42. The molecule has 2 aromatic rings. The van der Waals surface area contributed by atoms with Gasteiger partial charge in [-0.05, 0) is 18.2 Å². The molecule has 0 amide bonds. The van der Waals surface area contributed by atoms with E-state index in [0.29, 0.717) is 17.4 Å². The van der Waals surface area contributed by atoms with E-state index < -0.39 is 5.95 Å². The van der Waals surface area contributed by atoms with Gasteiger partial charge in [-0.2, -0.15) is 4.39 Å². The average molecular weight is 249 g/mol. The standard InChI is InChI=1S/C12H12FN3O2/c1-18-11-5-3-9(6-14-11)15-10-4-2-8(7-17)12(13)16-10/h2-6,17H,7H2,1H3,(H,15,16). The largest absolute Gasteiger partial charge is 0.481 e. The van der Waals surface area contributed by atoms with E-state index in [9.17, 15) is 4.39 Å². The number of aliphatic hydroxyl groups is 1. The first-order valence-corrected chi connectivity index (χ1v) is 5.26. The van der Waals surface area contributed by atoms with E-state index in [0.717, 1.165) is 0 Å². The zero-order valence-electron chi connectivity index (χ0n) is 9.72. The van der Waals surface area contributed by atoms with E-state index in [4.69, 9.17) is 9.84 Å². The number of nitrogens with zero attached hydrogens (tertiary/aromatic N) is 2. The third-order valence-corrected chi connectivity index (χ3v) is 2.31. The van der Waals surface area contributed by atoms with Gasteiger partial charge in [-0.25, -0.2) is 9.97 Å². The molecule has 0 fully saturated rings. The predicted molar refractivity (Wildman–Crippen MR) is 64.2 cm³/mol. The van der Waals surface area contributed by atoms with Crippen molar-refractivity contribution < 1.29 is 14.2 Å². The summed E-state index contributed by atoms with van der Waals surface area (Å²) < 4.78 is 18.3. The van der Waals surface area contributed by atoms with Gasteiger partial charge in [0.25, 0.3) is 0 Å². The number of methoxy groups -OCH3 is 1. The van der Waals surface area contributed by atoms with Crippen LogP contribution in [-0.2, 0) is 6.61 Å². The average Bonchev–Trinajstić information content (AvgIpc) is 2.40. The minimum atomic E-state index is -0.691. The van der Waals surface area contributed by atoms with Crippen molar-refractivity contribution in [3.63, 3.8) is 0 Å². The van der Waals surface area contributed by atoms with Gasteiger partial charge in [0, 0.05) is 11.6 Å². The van der Waals surface area contributed by atoms with Crippen LogP contribution in [0.3, 0.4) is 0 Å². The maximum absolute atomic E-state index is 13.3. The number of aromatic nitrogens is 2. The first-order chi connectivity index (χ1) is 8.72. The van der Waals surface area contributed by atoms with E-state index in [1.807, 2.05) is 0 Å². The molecule has 18 heavy (non-hydrogen) atoms. The van der Waals surface area contributed by atoms with Crippen molar-refractivity contribution >= 4 is 11.5 Å². The highest BCUT2D eigenvalue weighted by Gasteiger charge is 2.04. The molecule has 0 aliphatic heterocycles. The van der Waals surface area contributed by atoms with Crippen LogP contribution >= 0.6 is 0 Å². The van der Waals surface area contributed by atoms with Crippen LogP contribution in [0, 0.1) is 5.95 Å². The highest BCUT2D eigenvalue weighted by atomic mass is 19.1. The van der Waals surface area contributed by atoms with Gasteiger partial charge >= 0.3 is 0 Å². The summed E-state index contributed by atoms with van der Waals surface area (Å²) in [6.07, 6.45) is 1.55. The number of hydrogen-bond donors (Lipinski definition) is 2. The predicted octanol–water partition coefficient (Wildman–Crippen LogP) is 1.86. The Kier molecular flexibility index (Phi) is 3.69. The van der Waals surface area contributed by atoms with Crippen LogP contribution in [0.15, 0.2) is 30.5 Å². The molecule has 2 N–H and O–H groups in total. The van der Waals surface area contributed by atoms with Crippen molar-refractivity contribution in [1.29, 1.82) is 0 Å². The third kappa shape index (κ3) is 2.72. The van der Waals surface area contributed by atoms with Crippen LogP contribution in [0.25, 0.3) is 0 Å². The summed E-state index contributed by atoms with van der Waals surface area (Å²) in [4.78, 5) is 7.69. The van der Waals surface area contributed by atoms with Gasteiger partial charge in [-0.15, -0.1) is 0 Å². The van der Waals surface area contributed by atoms with E-state index in [2.05, 4.69) is 15.3 Å². The van der Waals surface area contributed by atoms with Gasteiger partial charge in [0.1, 0.15) is 5.82 Å². The lowest BCUT2D eigenvalue weighted by molar-refractivity contribution is 0.274. The van der Waals surface area contributed by atoms with Gasteiger partial charge in [-0.1, -0.05) is 0 Å². The van der Waals surface area contributed by atoms with Crippen LogP contribution in [0.2, 0.25) is 0 Å². The zero-order valence-corrected chi connectivity index (χ0v) is 9.72. The van der Waals surface area contributed by atoms with Crippen LogP contribution in [0.5, 0.6) is 5.88 Å². The number of ether oxygens (including phenoxy) is 1. The highest BCUT2D eigenvalue weighted by molar-refractivity contribution is 5.55. The normalized spacial score (nSPS) is 10.2. The van der Waals surface area contributed by atoms with E-state index in [1.54, 1.807) is 24.4 Å². The van der Waals surface area contributed by atoms with Crippen LogP contribution < -0.4 is 10.1 Å². The van der Waals surface area contributed by atoms with Crippen molar-refractivity contribution in [2.75, 3.05) is 12.4 Å². The van der Waals surface area contributed by atoms with Gasteiger partial charge in [0.05, 0.1) is 25.6 Å². The maximum Gasteiger partial charge on any atom is 0.220 e. The Morgan fingerprint density at radius 1 is 1.33 bits per heavy atom. The molecule has 94 valence electrons. The van der Waals surface area contributed by atoms with Crippen molar-refractivity contribution in [2.45, 2.75) is 6.61 Å². The van der Waals surface area contributed by atoms with Crippen LogP contribution in [0.1, 0.15) is 5.56 Å². The molecule has 6 heteroatoms. The number of nitrogens with one attached hydrogen (secondary N) is 1. The second-order valence-electron chi connectivity index (χ2n) is 3.52. The van der Waals surface area contributed by atoms with Crippen LogP contribution in [0.4, 0.5) is 15.9 Å². The second-order valence-corrected chi connectivity index (χ2v) is 3.52. The smallest absolute Gasteiger partial charge is 0.220 e. The molecule has 0 saturated carbocycles. The van der Waals surface area contributed by atoms with E-state index >= 15 is 0 Å². The van der Waals surface area contributed by atoms with E-state index in [1.165, 1.54) is 13.2 Å². The SMILES string of the molecule is COc1ccc(Nc2ccc(CO)c(F)n2)cn1. The number of hydrogen-bond acceptors (Lipinski definition) is 5. The van der Waals surface area contributed by atoms with Gasteiger partial charge in [0.15, 0.2) is 0 Å². The Hall–Kier alpha value is -2.21. The summed E-state index contributed by atoms with van der Waals surface area (Å²) in [5, 5.41) is 11.7. The Morgan fingerprint density at radius 3 is 2.72 bits per heavy atom. The molecule has 5 nitrogen and oxygen atoms in total. The van der Waals surface area contributed by atoms with E-state index in [-0.39, 0.29) is 12.2 Å². The molecule has 0 aliphatic rings. The molecule has 0 atom stereocenters. The maximum atomic E-state index is 13.3. The first kappa shape index (κ1) is 12.3. The molecule has 0 aromatic carbocycles.